The van der Waals surface area contributed by atoms with Crippen LogP contribution in [0, 0.1) is 5.92 Å². The van der Waals surface area contributed by atoms with E-state index in [9.17, 15) is 0 Å². The topological polar surface area (TPSA) is 24.9 Å². The van der Waals surface area contributed by atoms with Crippen LogP contribution in [-0.4, -0.2) is 17.6 Å². The lowest BCUT2D eigenvalue weighted by Crippen LogP contribution is -2.20. The van der Waals surface area contributed by atoms with E-state index < -0.39 is 0 Å². The lowest BCUT2D eigenvalue weighted by molar-refractivity contribution is 0.553. The molecule has 4 heteroatoms. The van der Waals surface area contributed by atoms with Gasteiger partial charge in [-0.05, 0) is 58.4 Å². The summed E-state index contributed by atoms with van der Waals surface area (Å²) in [6, 6.07) is 2.56. The molecule has 0 radical (unpaired) electrons. The lowest BCUT2D eigenvalue weighted by atomic mass is 10.00. The summed E-state index contributed by atoms with van der Waals surface area (Å²) in [5.74, 6) is 0.775. The number of nitrogens with zero attached hydrogens (tertiary/aromatic N) is 1. The molecule has 0 unspecified atom stereocenters. The van der Waals surface area contributed by atoms with Gasteiger partial charge in [-0.1, -0.05) is 17.7 Å². The number of allylic oxidation sites excluding steroid dienone is 1. The van der Waals surface area contributed by atoms with Crippen molar-refractivity contribution in [2.75, 3.05) is 6.54 Å². The fourth-order valence-corrected chi connectivity index (χ4v) is 2.97. The van der Waals surface area contributed by atoms with Crippen molar-refractivity contribution in [3.05, 3.63) is 33.5 Å². The molecule has 0 amide bonds. The molecule has 1 aromatic rings. The summed E-state index contributed by atoms with van der Waals surface area (Å²) in [5.41, 5.74) is 2.54. The minimum atomic E-state index is 0.567. The highest BCUT2D eigenvalue weighted by atomic mass is 79.9. The van der Waals surface area contributed by atoms with E-state index in [1.165, 1.54) is 12.0 Å². The number of rotatable bonds is 1. The average molecular weight is 300 g/mol. The maximum absolute atomic E-state index is 6.06. The van der Waals surface area contributed by atoms with Crippen molar-refractivity contribution in [1.82, 2.24) is 10.3 Å². The smallest absolute Gasteiger partial charge is 0.124 e. The van der Waals surface area contributed by atoms with Crippen molar-refractivity contribution in [2.45, 2.75) is 18.9 Å². The number of aromatic nitrogens is 1. The van der Waals surface area contributed by atoms with E-state index in [1.807, 2.05) is 12.3 Å². The van der Waals surface area contributed by atoms with Crippen molar-refractivity contribution in [2.24, 2.45) is 5.92 Å². The summed E-state index contributed by atoms with van der Waals surface area (Å²) in [5, 5.41) is 4.19. The van der Waals surface area contributed by atoms with E-state index in [4.69, 9.17) is 11.6 Å². The summed E-state index contributed by atoms with van der Waals surface area (Å²) in [6.45, 7) is 1.15. The highest BCUT2D eigenvalue weighted by Gasteiger charge is 2.31. The van der Waals surface area contributed by atoms with Crippen LogP contribution in [-0.2, 0) is 0 Å². The second kappa shape index (κ2) is 4.13. The fraction of sp³-hybridized carbons (Fsp3) is 0.417. The molecule has 1 aliphatic heterocycles. The van der Waals surface area contributed by atoms with Gasteiger partial charge < -0.3 is 5.32 Å². The van der Waals surface area contributed by atoms with Gasteiger partial charge in [0.15, 0.2) is 0 Å². The Labute approximate surface area is 108 Å². The van der Waals surface area contributed by atoms with Crippen LogP contribution < -0.4 is 5.32 Å². The molecule has 3 rings (SSSR count). The summed E-state index contributed by atoms with van der Waals surface area (Å²) >= 11 is 9.37. The second-order valence-corrected chi connectivity index (χ2v) is 5.58. The Morgan fingerprint density at radius 1 is 1.50 bits per heavy atom. The molecule has 0 saturated carbocycles. The molecule has 0 bridgehead atoms. The van der Waals surface area contributed by atoms with Crippen molar-refractivity contribution < 1.29 is 0 Å². The third kappa shape index (κ3) is 1.81. The maximum atomic E-state index is 6.06. The first-order valence-corrected chi connectivity index (χ1v) is 6.66. The molecular weight excluding hydrogens is 288 g/mol. The second-order valence-electron chi connectivity index (χ2n) is 4.42. The third-order valence-corrected chi connectivity index (χ3v) is 4.58. The molecule has 16 heavy (non-hydrogen) atoms. The van der Waals surface area contributed by atoms with Crippen LogP contribution in [0.25, 0.3) is 5.57 Å². The van der Waals surface area contributed by atoms with Gasteiger partial charge in [0.05, 0.1) is 5.02 Å². The molecule has 2 atom stereocenters. The highest BCUT2D eigenvalue weighted by molar-refractivity contribution is 9.10. The third-order valence-electron chi connectivity index (χ3n) is 3.43. The molecule has 2 heterocycles. The van der Waals surface area contributed by atoms with Crippen molar-refractivity contribution in [3.8, 4) is 0 Å². The minimum Gasteiger partial charge on any atom is -0.310 e. The highest BCUT2D eigenvalue weighted by Crippen LogP contribution is 2.37. The van der Waals surface area contributed by atoms with E-state index in [0.29, 0.717) is 11.1 Å². The fourth-order valence-electron chi connectivity index (χ4n) is 2.58. The van der Waals surface area contributed by atoms with E-state index >= 15 is 0 Å². The SMILES string of the molecule is Clc1cc(C2=C[C@@H]3NCC[C@@H]3C2)cnc1Br. The summed E-state index contributed by atoms with van der Waals surface area (Å²) in [6.07, 6.45) is 6.65. The summed E-state index contributed by atoms with van der Waals surface area (Å²) < 4.78 is 0.717. The Balaban J connectivity index is 1.90. The lowest BCUT2D eigenvalue weighted by Gasteiger charge is -2.07. The van der Waals surface area contributed by atoms with Crippen LogP contribution in [0.3, 0.4) is 0 Å². The van der Waals surface area contributed by atoms with Gasteiger partial charge in [-0.25, -0.2) is 4.98 Å². The predicted octanol–water partition coefficient (Wildman–Crippen LogP) is 3.26. The van der Waals surface area contributed by atoms with E-state index in [2.05, 4.69) is 32.3 Å². The molecule has 1 aromatic heterocycles. The quantitative estimate of drug-likeness (QED) is 0.805. The van der Waals surface area contributed by atoms with Gasteiger partial charge in [0.2, 0.25) is 0 Å². The van der Waals surface area contributed by atoms with E-state index in [0.717, 1.165) is 29.1 Å². The predicted molar refractivity (Wildman–Crippen MR) is 69.4 cm³/mol. The van der Waals surface area contributed by atoms with Crippen LogP contribution in [0.1, 0.15) is 18.4 Å². The minimum absolute atomic E-state index is 0.567. The van der Waals surface area contributed by atoms with Gasteiger partial charge in [0, 0.05) is 12.2 Å². The molecule has 1 N–H and O–H groups in total. The summed E-state index contributed by atoms with van der Waals surface area (Å²) in [7, 11) is 0. The Morgan fingerprint density at radius 3 is 3.12 bits per heavy atom. The Hall–Kier alpha value is -0.380. The zero-order valence-electron chi connectivity index (χ0n) is 8.71. The molecule has 84 valence electrons. The monoisotopic (exact) mass is 298 g/mol. The number of hydrogen-bond donors (Lipinski definition) is 1. The van der Waals surface area contributed by atoms with Gasteiger partial charge in [0.25, 0.3) is 0 Å². The first-order valence-electron chi connectivity index (χ1n) is 5.49. The van der Waals surface area contributed by atoms with Crippen LogP contribution in [0.5, 0.6) is 0 Å². The van der Waals surface area contributed by atoms with E-state index in [-0.39, 0.29) is 0 Å². The van der Waals surface area contributed by atoms with Gasteiger partial charge in [-0.15, -0.1) is 0 Å². The normalized spacial score (nSPS) is 28.0. The van der Waals surface area contributed by atoms with Crippen LogP contribution >= 0.6 is 27.5 Å². The van der Waals surface area contributed by atoms with Gasteiger partial charge >= 0.3 is 0 Å². The largest absolute Gasteiger partial charge is 0.310 e. The van der Waals surface area contributed by atoms with E-state index in [1.54, 1.807) is 0 Å². The average Bonchev–Trinajstić information content (AvgIpc) is 2.81. The number of pyridine rings is 1. The number of fused-ring (bicyclic) bond motifs is 1. The van der Waals surface area contributed by atoms with Gasteiger partial charge in [-0.2, -0.15) is 0 Å². The zero-order chi connectivity index (χ0) is 11.1. The molecule has 0 spiro atoms. The Morgan fingerprint density at radius 2 is 2.38 bits per heavy atom. The van der Waals surface area contributed by atoms with Crippen molar-refractivity contribution in [1.29, 1.82) is 0 Å². The molecule has 1 aliphatic carbocycles. The standard InChI is InChI=1S/C12H12BrClN2/c13-12-10(14)4-9(6-16-12)8-3-7-1-2-15-11(7)5-8/h4-7,11,15H,1-3H2/t7-,11+/m1/s1. The molecule has 0 aromatic carbocycles. The zero-order valence-corrected chi connectivity index (χ0v) is 11.1. The van der Waals surface area contributed by atoms with Gasteiger partial charge in [0.1, 0.15) is 4.60 Å². The van der Waals surface area contributed by atoms with Crippen LogP contribution in [0.15, 0.2) is 22.9 Å². The molecule has 1 saturated heterocycles. The van der Waals surface area contributed by atoms with Crippen molar-refractivity contribution in [3.63, 3.8) is 0 Å². The van der Waals surface area contributed by atoms with Crippen LogP contribution in [0.4, 0.5) is 0 Å². The molecule has 1 fully saturated rings. The molecule has 2 aliphatic rings. The maximum Gasteiger partial charge on any atom is 0.124 e. The Bertz CT molecular complexity index is 458. The number of nitrogens with one attached hydrogen (secondary N) is 1. The number of halogens is 2. The molecular formula is C12H12BrClN2. The first-order chi connectivity index (χ1) is 7.74. The molecule has 2 nitrogen and oxygen atoms in total. The van der Waals surface area contributed by atoms with Gasteiger partial charge in [-0.3, -0.25) is 0 Å². The Kier molecular flexibility index (Phi) is 2.78. The number of hydrogen-bond acceptors (Lipinski definition) is 2. The summed E-state index contributed by atoms with van der Waals surface area (Å²) in [4.78, 5) is 4.24. The van der Waals surface area contributed by atoms with Crippen LogP contribution in [0.2, 0.25) is 5.02 Å². The first kappa shape index (κ1) is 10.8. The van der Waals surface area contributed by atoms with Crippen molar-refractivity contribution >= 4 is 33.1 Å².